The molecule has 2 aromatic rings. The van der Waals surface area contributed by atoms with Crippen LogP contribution in [0.3, 0.4) is 0 Å². The lowest BCUT2D eigenvalue weighted by Crippen LogP contribution is -2.71. The summed E-state index contributed by atoms with van der Waals surface area (Å²) in [7, 11) is 3.59. The van der Waals surface area contributed by atoms with Gasteiger partial charge in [0.1, 0.15) is 11.5 Å². The van der Waals surface area contributed by atoms with Gasteiger partial charge in [-0.3, -0.25) is 28.8 Å². The summed E-state index contributed by atoms with van der Waals surface area (Å²) in [6.45, 7) is 4.90. The summed E-state index contributed by atoms with van der Waals surface area (Å²) in [4.78, 5) is 81.0. The van der Waals surface area contributed by atoms with Gasteiger partial charge in [-0.15, -0.1) is 0 Å². The molecule has 2 fully saturated rings. The van der Waals surface area contributed by atoms with E-state index in [1.54, 1.807) is 63.2 Å². The zero-order chi connectivity index (χ0) is 31.7. The third-order valence-corrected chi connectivity index (χ3v) is 9.46. The predicted octanol–water partition coefficient (Wildman–Crippen LogP) is 2.07. The van der Waals surface area contributed by atoms with E-state index in [9.17, 15) is 39.0 Å². The number of carbonyl (C=O) groups excluding carboxylic acids is 6. The molecule has 10 nitrogen and oxygen atoms in total. The number of hydrogen-bond donors (Lipinski definition) is 3. The molecule has 3 aliphatic carbocycles. The normalized spacial score (nSPS) is 28.3. The number of phenols is 1. The average Bonchev–Trinajstić information content (AvgIpc) is 2.90. The van der Waals surface area contributed by atoms with E-state index in [1.165, 1.54) is 6.92 Å². The average molecular weight is 589 g/mol. The van der Waals surface area contributed by atoms with Gasteiger partial charge in [-0.2, -0.15) is 0 Å². The van der Waals surface area contributed by atoms with Gasteiger partial charge in [-0.25, -0.2) is 0 Å². The highest BCUT2D eigenvalue weighted by molar-refractivity contribution is 6.32. The molecule has 4 N–H and O–H groups in total. The van der Waals surface area contributed by atoms with Crippen molar-refractivity contribution in [2.75, 3.05) is 19.0 Å². The van der Waals surface area contributed by atoms with E-state index in [0.717, 1.165) is 5.56 Å². The number of Topliss-reactive ketones (excluding diaryl/α,β-unsaturated/α-hetero) is 5. The van der Waals surface area contributed by atoms with Crippen LogP contribution in [-0.4, -0.2) is 64.7 Å². The summed E-state index contributed by atoms with van der Waals surface area (Å²) in [6, 6.07) is 8.79. The van der Waals surface area contributed by atoms with Crippen molar-refractivity contribution < 1.29 is 39.0 Å². The van der Waals surface area contributed by atoms with E-state index in [4.69, 9.17) is 5.73 Å². The third kappa shape index (κ3) is 4.50. The van der Waals surface area contributed by atoms with Crippen molar-refractivity contribution in [3.05, 3.63) is 47.0 Å². The van der Waals surface area contributed by atoms with Crippen molar-refractivity contribution in [2.24, 2.45) is 41.2 Å². The molecule has 10 heteroatoms. The second-order valence-corrected chi connectivity index (χ2v) is 12.8. The molecule has 0 radical (unpaired) electrons. The minimum atomic E-state index is -2.74. The molecule has 2 unspecified atom stereocenters. The fourth-order valence-corrected chi connectivity index (χ4v) is 7.66. The minimum absolute atomic E-state index is 0.0202. The Morgan fingerprint density at radius 2 is 1.77 bits per heavy atom. The zero-order valence-corrected chi connectivity index (χ0v) is 24.8. The number of phenolic OH excluding ortho intramolecular Hbond substituents is 1. The standard InChI is InChI=1S/C33H36N2O8/c1-14(2)23-21-12-18-11-20-22(35(4)5)13-19(17-8-6-7-16(10-17)9-15(3)36)27(37)25(20)29(39)24(18)30(40)33(21,43)31(41)26(28(23)38)32(34)42/h6-8,10,13-14,18,21,23-24,26,37,43H,9,11-12H2,1-5H3,(H2,34,42)/t18-,21-,23-,24?,26?,33-/m0/s1. The van der Waals surface area contributed by atoms with Gasteiger partial charge in [0.25, 0.3) is 0 Å². The van der Waals surface area contributed by atoms with E-state index in [2.05, 4.69) is 0 Å². The molecule has 0 heterocycles. The Morgan fingerprint density at radius 3 is 2.35 bits per heavy atom. The summed E-state index contributed by atoms with van der Waals surface area (Å²) >= 11 is 0. The fraction of sp³-hybridized carbons (Fsp3) is 0.455. The molecule has 0 aromatic heterocycles. The molecule has 2 saturated carbocycles. The number of hydrogen-bond acceptors (Lipinski definition) is 9. The van der Waals surface area contributed by atoms with Crippen LogP contribution in [0.25, 0.3) is 11.1 Å². The molecule has 226 valence electrons. The van der Waals surface area contributed by atoms with Crippen LogP contribution in [-0.2, 0) is 36.8 Å². The summed E-state index contributed by atoms with van der Waals surface area (Å²) in [5.74, 6) is -12.0. The minimum Gasteiger partial charge on any atom is -0.507 e. The number of aromatic hydroxyl groups is 1. The second kappa shape index (κ2) is 10.5. The molecule has 0 aliphatic heterocycles. The van der Waals surface area contributed by atoms with Gasteiger partial charge in [0.15, 0.2) is 34.7 Å². The maximum absolute atomic E-state index is 14.2. The maximum Gasteiger partial charge on any atom is 0.235 e. The number of benzene rings is 2. The molecule has 3 aliphatic rings. The quantitative estimate of drug-likeness (QED) is 0.427. The van der Waals surface area contributed by atoms with Crippen LogP contribution in [0.15, 0.2) is 30.3 Å². The molecule has 0 bridgehead atoms. The topological polar surface area (TPSA) is 172 Å². The van der Waals surface area contributed by atoms with E-state index < -0.39 is 70.1 Å². The highest BCUT2D eigenvalue weighted by Crippen LogP contribution is 2.54. The number of rotatable bonds is 6. The maximum atomic E-state index is 14.2. The van der Waals surface area contributed by atoms with Crippen molar-refractivity contribution in [1.29, 1.82) is 0 Å². The monoisotopic (exact) mass is 588 g/mol. The summed E-state index contributed by atoms with van der Waals surface area (Å²) in [5, 5.41) is 23.4. The van der Waals surface area contributed by atoms with E-state index >= 15 is 0 Å². The SMILES string of the molecule is CC(=O)Cc1cccc(-c2cc(N(C)C)c3c(c2O)C(=O)C2C(=O)[C@]4(O)C(=O)C(C(N)=O)C(=O)[C@@H](C(C)C)[C@@H]4C[C@@H]2C3)c1. The Morgan fingerprint density at radius 1 is 1.09 bits per heavy atom. The van der Waals surface area contributed by atoms with Crippen LogP contribution in [0.5, 0.6) is 5.75 Å². The van der Waals surface area contributed by atoms with Crippen LogP contribution in [0, 0.1) is 35.5 Å². The van der Waals surface area contributed by atoms with Crippen molar-refractivity contribution in [3.63, 3.8) is 0 Å². The van der Waals surface area contributed by atoms with E-state index in [1.807, 2.05) is 0 Å². The Bertz CT molecular complexity index is 1610. The Labute approximate surface area is 249 Å². The lowest BCUT2D eigenvalue weighted by Gasteiger charge is -2.52. The van der Waals surface area contributed by atoms with Crippen LogP contribution in [0.1, 0.15) is 48.7 Å². The van der Waals surface area contributed by atoms with Gasteiger partial charge in [0.05, 0.1) is 11.5 Å². The van der Waals surface area contributed by atoms with Crippen molar-refractivity contribution in [1.82, 2.24) is 0 Å². The first-order valence-electron chi connectivity index (χ1n) is 14.4. The highest BCUT2D eigenvalue weighted by Gasteiger charge is 2.69. The number of ketones is 5. The van der Waals surface area contributed by atoms with Crippen molar-refractivity contribution >= 4 is 40.5 Å². The van der Waals surface area contributed by atoms with Crippen molar-refractivity contribution in [2.45, 2.75) is 45.6 Å². The van der Waals surface area contributed by atoms with Gasteiger partial charge in [-0.1, -0.05) is 38.1 Å². The first-order chi connectivity index (χ1) is 20.1. The van der Waals surface area contributed by atoms with Crippen LogP contribution in [0.4, 0.5) is 5.69 Å². The Balaban J connectivity index is 1.67. The molecular weight excluding hydrogens is 552 g/mol. The largest absolute Gasteiger partial charge is 0.507 e. The first-order valence-corrected chi connectivity index (χ1v) is 14.4. The molecular formula is C33H36N2O8. The molecule has 0 saturated heterocycles. The number of fused-ring (bicyclic) bond motifs is 3. The van der Waals surface area contributed by atoms with Gasteiger partial charge >= 0.3 is 0 Å². The lowest BCUT2D eigenvalue weighted by atomic mass is 9.49. The van der Waals surface area contributed by atoms with Crippen LogP contribution < -0.4 is 10.6 Å². The first kappa shape index (κ1) is 30.3. The van der Waals surface area contributed by atoms with Gasteiger partial charge in [0, 0.05) is 43.6 Å². The Hall–Kier alpha value is -4.18. The Kier molecular flexibility index (Phi) is 7.41. The summed E-state index contributed by atoms with van der Waals surface area (Å²) < 4.78 is 0. The fourth-order valence-electron chi connectivity index (χ4n) is 7.66. The molecule has 2 aromatic carbocycles. The highest BCUT2D eigenvalue weighted by atomic mass is 16.3. The number of primary amides is 1. The number of aliphatic hydroxyl groups is 1. The van der Waals surface area contributed by atoms with E-state index in [-0.39, 0.29) is 36.4 Å². The molecule has 0 spiro atoms. The van der Waals surface area contributed by atoms with Crippen LogP contribution in [0.2, 0.25) is 0 Å². The van der Waals surface area contributed by atoms with Gasteiger partial charge in [-0.05, 0) is 54.4 Å². The lowest BCUT2D eigenvalue weighted by molar-refractivity contribution is -0.182. The number of carbonyl (C=O) groups is 6. The molecule has 6 atom stereocenters. The second-order valence-electron chi connectivity index (χ2n) is 12.8. The predicted molar refractivity (Wildman–Crippen MR) is 156 cm³/mol. The molecule has 43 heavy (non-hydrogen) atoms. The van der Waals surface area contributed by atoms with Gasteiger partial charge < -0.3 is 20.8 Å². The van der Waals surface area contributed by atoms with Crippen molar-refractivity contribution in [3.8, 4) is 16.9 Å². The number of nitrogens with zero attached hydrogens (tertiary/aromatic N) is 1. The number of anilines is 1. The number of amides is 1. The van der Waals surface area contributed by atoms with Gasteiger partial charge in [0.2, 0.25) is 5.91 Å². The summed E-state index contributed by atoms with van der Waals surface area (Å²) in [6.07, 6.45) is 0.395. The molecule has 1 amide bonds. The third-order valence-electron chi connectivity index (χ3n) is 9.46. The smallest absolute Gasteiger partial charge is 0.235 e. The van der Waals surface area contributed by atoms with Crippen LogP contribution >= 0.6 is 0 Å². The molecule has 5 rings (SSSR count). The summed E-state index contributed by atoms with van der Waals surface area (Å²) in [5.41, 5.74) is 5.39. The number of nitrogens with two attached hydrogens (primary N) is 1. The zero-order valence-electron chi connectivity index (χ0n) is 24.8. The van der Waals surface area contributed by atoms with E-state index in [0.29, 0.717) is 22.4 Å².